The number of amides is 1. The monoisotopic (exact) mass is 365 g/mol. The first kappa shape index (κ1) is 16.5. The van der Waals surface area contributed by atoms with Gasteiger partial charge in [-0.2, -0.15) is 0 Å². The minimum atomic E-state index is -0.607. The van der Waals surface area contributed by atoms with E-state index in [1.807, 2.05) is 50.4 Å². The van der Waals surface area contributed by atoms with Crippen molar-refractivity contribution in [3.63, 3.8) is 0 Å². The summed E-state index contributed by atoms with van der Waals surface area (Å²) >= 11 is 3.42. The van der Waals surface area contributed by atoms with E-state index in [0.29, 0.717) is 10.4 Å². The maximum Gasteiger partial charge on any atom is 0.261 e. The van der Waals surface area contributed by atoms with Gasteiger partial charge in [-0.15, -0.1) is 5.10 Å². The Bertz CT molecular complexity index is 628. The van der Waals surface area contributed by atoms with Crippen molar-refractivity contribution in [1.29, 1.82) is 0 Å². The van der Waals surface area contributed by atoms with Crippen molar-refractivity contribution >= 4 is 21.8 Å². The second kappa shape index (κ2) is 7.45. The lowest BCUT2D eigenvalue weighted by atomic mass is 10.2. The van der Waals surface area contributed by atoms with Gasteiger partial charge in [0.25, 0.3) is 5.91 Å². The van der Waals surface area contributed by atoms with Crippen LogP contribution in [0.15, 0.2) is 41.0 Å². The number of rotatable bonds is 6. The summed E-state index contributed by atoms with van der Waals surface area (Å²) in [6.45, 7) is 5.70. The van der Waals surface area contributed by atoms with Crippen LogP contribution >= 0.6 is 15.9 Å². The molecule has 118 valence electrons. The van der Waals surface area contributed by atoms with Crippen LogP contribution in [-0.4, -0.2) is 27.8 Å². The molecule has 1 N–H and O–H groups in total. The molecule has 0 aliphatic heterocycles. The summed E-state index contributed by atoms with van der Waals surface area (Å²) in [5.74, 6) is 0.256. The molecule has 1 amide bonds. The highest BCUT2D eigenvalue weighted by Crippen LogP contribution is 2.25. The van der Waals surface area contributed by atoms with Gasteiger partial charge in [0.1, 0.15) is 0 Å². The van der Waals surface area contributed by atoms with Crippen LogP contribution in [0.25, 0.3) is 5.69 Å². The third-order valence-corrected chi connectivity index (χ3v) is 3.86. The van der Waals surface area contributed by atoms with Crippen molar-refractivity contribution in [2.24, 2.45) is 0 Å². The topological polar surface area (TPSA) is 56.1 Å². The lowest BCUT2D eigenvalue weighted by Gasteiger charge is -2.16. The third-order valence-electron chi connectivity index (χ3n) is 3.32. The van der Waals surface area contributed by atoms with Crippen molar-refractivity contribution in [2.45, 2.75) is 39.3 Å². The molecule has 2 unspecified atom stereocenters. The zero-order valence-electron chi connectivity index (χ0n) is 12.9. The minimum Gasteiger partial charge on any atom is -0.463 e. The van der Waals surface area contributed by atoms with Gasteiger partial charge >= 0.3 is 0 Å². The Balaban J connectivity index is 2.07. The Hall–Kier alpha value is -1.82. The second-order valence-electron chi connectivity index (χ2n) is 5.14. The molecule has 0 saturated heterocycles. The average molecular weight is 366 g/mol. The molecule has 0 spiro atoms. The van der Waals surface area contributed by atoms with Gasteiger partial charge in [-0.05, 0) is 48.3 Å². The molecular formula is C16H20BrN3O2. The number of aromatic nitrogens is 2. The van der Waals surface area contributed by atoms with E-state index in [2.05, 4.69) is 26.3 Å². The van der Waals surface area contributed by atoms with Crippen LogP contribution in [0.5, 0.6) is 5.88 Å². The smallest absolute Gasteiger partial charge is 0.261 e. The molecule has 2 rings (SSSR count). The maximum atomic E-state index is 12.0. The van der Waals surface area contributed by atoms with Gasteiger partial charge in [-0.3, -0.25) is 4.79 Å². The number of nitrogens with zero attached hydrogens (tertiary/aromatic N) is 2. The largest absolute Gasteiger partial charge is 0.463 e. The fraction of sp³-hybridized carbons (Fsp3) is 0.375. The van der Waals surface area contributed by atoms with Gasteiger partial charge < -0.3 is 10.1 Å². The Kier molecular flexibility index (Phi) is 5.60. The molecule has 0 radical (unpaired) electrons. The number of hydrogen-bond donors (Lipinski definition) is 1. The predicted octanol–water partition coefficient (Wildman–Crippen LogP) is 3.32. The van der Waals surface area contributed by atoms with E-state index in [4.69, 9.17) is 4.74 Å². The van der Waals surface area contributed by atoms with Crippen LogP contribution in [-0.2, 0) is 4.79 Å². The van der Waals surface area contributed by atoms with Gasteiger partial charge in [0.2, 0.25) is 5.88 Å². The first-order chi connectivity index (χ1) is 10.5. The summed E-state index contributed by atoms with van der Waals surface area (Å²) in [5.41, 5.74) is 0.926. The van der Waals surface area contributed by atoms with Crippen molar-refractivity contribution in [3.05, 3.63) is 41.0 Å². The highest BCUT2D eigenvalue weighted by Gasteiger charge is 2.19. The number of para-hydroxylation sites is 1. The van der Waals surface area contributed by atoms with E-state index in [-0.39, 0.29) is 11.9 Å². The Labute approximate surface area is 138 Å². The lowest BCUT2D eigenvalue weighted by Crippen LogP contribution is -2.41. The number of carbonyl (C=O) groups excluding carboxylic acids is 1. The molecule has 0 saturated carbocycles. The summed E-state index contributed by atoms with van der Waals surface area (Å²) < 4.78 is 8.08. The summed E-state index contributed by atoms with van der Waals surface area (Å²) in [7, 11) is 0. The molecule has 1 aromatic carbocycles. The molecular weight excluding hydrogens is 346 g/mol. The number of halogens is 1. The number of ether oxygens (including phenoxy) is 1. The normalized spacial score (nSPS) is 13.5. The molecule has 1 heterocycles. The van der Waals surface area contributed by atoms with Gasteiger partial charge in [-0.25, -0.2) is 4.68 Å². The van der Waals surface area contributed by atoms with Crippen LogP contribution in [0, 0.1) is 0 Å². The molecule has 0 bridgehead atoms. The standard InChI is InChI=1S/C16H20BrN3O2/c1-4-11(2)18-15(21)12(3)22-16-14(17)10-20(19-16)13-8-6-5-7-9-13/h5-12H,4H2,1-3H3,(H,18,21). The van der Waals surface area contributed by atoms with Crippen molar-refractivity contribution in [3.8, 4) is 11.6 Å². The lowest BCUT2D eigenvalue weighted by molar-refractivity contribution is -0.128. The van der Waals surface area contributed by atoms with Crippen molar-refractivity contribution in [1.82, 2.24) is 15.1 Å². The molecule has 0 aliphatic carbocycles. The third kappa shape index (κ3) is 4.10. The molecule has 6 heteroatoms. The molecule has 1 aromatic heterocycles. The van der Waals surface area contributed by atoms with Gasteiger partial charge in [0, 0.05) is 12.2 Å². The van der Waals surface area contributed by atoms with E-state index in [0.717, 1.165) is 12.1 Å². The Morgan fingerprint density at radius 2 is 2.05 bits per heavy atom. The number of benzene rings is 1. The van der Waals surface area contributed by atoms with Gasteiger partial charge in [0.15, 0.2) is 6.10 Å². The fourth-order valence-electron chi connectivity index (χ4n) is 1.81. The van der Waals surface area contributed by atoms with Crippen LogP contribution in [0.4, 0.5) is 0 Å². The first-order valence-corrected chi connectivity index (χ1v) is 8.08. The molecule has 2 aromatic rings. The van der Waals surface area contributed by atoms with Crippen LogP contribution in [0.2, 0.25) is 0 Å². The number of carbonyl (C=O) groups is 1. The van der Waals surface area contributed by atoms with E-state index >= 15 is 0 Å². The Morgan fingerprint density at radius 3 is 2.68 bits per heavy atom. The zero-order valence-corrected chi connectivity index (χ0v) is 14.5. The number of hydrogen-bond acceptors (Lipinski definition) is 3. The fourth-order valence-corrected chi connectivity index (χ4v) is 2.18. The zero-order chi connectivity index (χ0) is 16.1. The quantitative estimate of drug-likeness (QED) is 0.853. The van der Waals surface area contributed by atoms with E-state index < -0.39 is 6.10 Å². The highest BCUT2D eigenvalue weighted by atomic mass is 79.9. The van der Waals surface area contributed by atoms with Crippen molar-refractivity contribution in [2.75, 3.05) is 0 Å². The summed E-state index contributed by atoms with van der Waals surface area (Å²) in [6.07, 6.45) is 2.08. The van der Waals surface area contributed by atoms with E-state index in [1.54, 1.807) is 11.6 Å². The summed E-state index contributed by atoms with van der Waals surface area (Å²) in [4.78, 5) is 12.0. The van der Waals surface area contributed by atoms with Crippen LogP contribution < -0.4 is 10.1 Å². The molecule has 0 fully saturated rings. The Morgan fingerprint density at radius 1 is 1.36 bits per heavy atom. The minimum absolute atomic E-state index is 0.129. The number of nitrogens with one attached hydrogen (secondary N) is 1. The average Bonchev–Trinajstić information content (AvgIpc) is 2.89. The van der Waals surface area contributed by atoms with Crippen LogP contribution in [0.1, 0.15) is 27.2 Å². The molecule has 2 atom stereocenters. The van der Waals surface area contributed by atoms with Gasteiger partial charge in [-0.1, -0.05) is 25.1 Å². The predicted molar refractivity (Wildman–Crippen MR) is 89.2 cm³/mol. The second-order valence-corrected chi connectivity index (χ2v) is 5.99. The van der Waals surface area contributed by atoms with Gasteiger partial charge in [0.05, 0.1) is 10.2 Å². The van der Waals surface area contributed by atoms with Crippen LogP contribution in [0.3, 0.4) is 0 Å². The van der Waals surface area contributed by atoms with E-state index in [1.165, 1.54) is 0 Å². The first-order valence-electron chi connectivity index (χ1n) is 7.29. The molecule has 22 heavy (non-hydrogen) atoms. The van der Waals surface area contributed by atoms with E-state index in [9.17, 15) is 4.79 Å². The summed E-state index contributed by atoms with van der Waals surface area (Å²) in [6, 6.07) is 9.84. The maximum absolute atomic E-state index is 12.0. The molecule has 0 aliphatic rings. The SMILES string of the molecule is CCC(C)NC(=O)C(C)Oc1nn(-c2ccccc2)cc1Br. The molecule has 5 nitrogen and oxygen atoms in total. The highest BCUT2D eigenvalue weighted by molar-refractivity contribution is 9.10. The summed E-state index contributed by atoms with van der Waals surface area (Å²) in [5, 5.41) is 7.26. The van der Waals surface area contributed by atoms with Crippen molar-refractivity contribution < 1.29 is 9.53 Å².